The Morgan fingerprint density at radius 1 is 1.03 bits per heavy atom. The standard InChI is InChI=1S/C28H25ClO6/c1-12-8-14(33-5)10-18-19(12)26-20-13(11-28(4,34-18)35-26)9-16-22(24(20)31)25(32)21-15(27(16,2)3)6-7-17(29)23(21)30/h6-10,26,30-31H,11H2,1-5H3. The number of ether oxygens (including phenoxy) is 3. The molecule has 0 saturated carbocycles. The number of hydrogen-bond acceptors (Lipinski definition) is 6. The molecular formula is C28H25ClO6. The lowest BCUT2D eigenvalue weighted by Gasteiger charge is -2.46. The second-order valence-electron chi connectivity index (χ2n) is 10.3. The number of fused-ring (bicyclic) bond motifs is 8. The monoisotopic (exact) mass is 492 g/mol. The number of benzene rings is 3. The van der Waals surface area contributed by atoms with E-state index in [9.17, 15) is 15.0 Å². The summed E-state index contributed by atoms with van der Waals surface area (Å²) in [4.78, 5) is 13.7. The maximum absolute atomic E-state index is 13.7. The molecule has 2 bridgehead atoms. The van der Waals surface area contributed by atoms with Crippen molar-refractivity contribution in [3.8, 4) is 23.0 Å². The van der Waals surface area contributed by atoms with E-state index in [1.807, 2.05) is 45.9 Å². The molecule has 0 radical (unpaired) electrons. The molecule has 2 atom stereocenters. The van der Waals surface area contributed by atoms with Crippen LogP contribution in [0.2, 0.25) is 5.02 Å². The van der Waals surface area contributed by atoms with E-state index < -0.39 is 23.1 Å². The first kappa shape index (κ1) is 22.3. The van der Waals surface area contributed by atoms with Crippen LogP contribution < -0.4 is 9.47 Å². The lowest BCUT2D eigenvalue weighted by Crippen LogP contribution is -2.47. The zero-order valence-electron chi connectivity index (χ0n) is 20.1. The van der Waals surface area contributed by atoms with Crippen molar-refractivity contribution in [1.82, 2.24) is 0 Å². The second-order valence-corrected chi connectivity index (χ2v) is 10.7. The summed E-state index contributed by atoms with van der Waals surface area (Å²) in [5, 5.41) is 22.5. The molecule has 2 N–H and O–H groups in total. The summed E-state index contributed by atoms with van der Waals surface area (Å²) >= 11 is 6.16. The summed E-state index contributed by atoms with van der Waals surface area (Å²) in [6.45, 7) is 7.76. The smallest absolute Gasteiger partial charge is 0.212 e. The largest absolute Gasteiger partial charge is 0.507 e. The number of carbonyl (C=O) groups is 1. The average Bonchev–Trinajstić information content (AvgIpc) is 2.77. The van der Waals surface area contributed by atoms with Crippen molar-refractivity contribution < 1.29 is 29.2 Å². The molecular weight excluding hydrogens is 468 g/mol. The third-order valence-electron chi connectivity index (χ3n) is 7.64. The predicted octanol–water partition coefficient (Wildman–Crippen LogP) is 5.71. The van der Waals surface area contributed by atoms with E-state index in [4.69, 9.17) is 25.8 Å². The molecule has 3 aromatic carbocycles. The summed E-state index contributed by atoms with van der Waals surface area (Å²) in [6, 6.07) is 9.06. The Morgan fingerprint density at radius 3 is 2.46 bits per heavy atom. The fourth-order valence-corrected chi connectivity index (χ4v) is 6.11. The summed E-state index contributed by atoms with van der Waals surface area (Å²) in [5.74, 6) is -0.507. The van der Waals surface area contributed by atoms with Crippen LogP contribution in [0.5, 0.6) is 23.0 Å². The first-order valence-electron chi connectivity index (χ1n) is 11.5. The molecule has 0 amide bonds. The molecule has 0 saturated heterocycles. The Labute approximate surface area is 208 Å². The Balaban J connectivity index is 1.64. The lowest BCUT2D eigenvalue weighted by molar-refractivity contribution is -0.216. The van der Waals surface area contributed by atoms with Crippen molar-refractivity contribution in [2.45, 2.75) is 51.4 Å². The van der Waals surface area contributed by atoms with Gasteiger partial charge in [-0.2, -0.15) is 0 Å². The number of phenols is 2. The van der Waals surface area contributed by atoms with Crippen molar-refractivity contribution >= 4 is 17.4 Å². The molecule has 7 heteroatoms. The maximum atomic E-state index is 13.7. The van der Waals surface area contributed by atoms with Crippen LogP contribution in [0.15, 0.2) is 30.3 Å². The fraction of sp³-hybridized carbons (Fsp3) is 0.321. The van der Waals surface area contributed by atoms with Gasteiger partial charge < -0.3 is 24.4 Å². The summed E-state index contributed by atoms with van der Waals surface area (Å²) in [7, 11) is 1.60. The van der Waals surface area contributed by atoms with E-state index in [1.165, 1.54) is 0 Å². The first-order chi connectivity index (χ1) is 16.5. The summed E-state index contributed by atoms with van der Waals surface area (Å²) < 4.78 is 18.1. The van der Waals surface area contributed by atoms with Crippen molar-refractivity contribution in [2.75, 3.05) is 7.11 Å². The highest BCUT2D eigenvalue weighted by Gasteiger charge is 2.49. The van der Waals surface area contributed by atoms with Gasteiger partial charge in [-0.3, -0.25) is 4.79 Å². The van der Waals surface area contributed by atoms with E-state index >= 15 is 0 Å². The lowest BCUT2D eigenvalue weighted by atomic mass is 9.66. The zero-order valence-corrected chi connectivity index (χ0v) is 20.8. The van der Waals surface area contributed by atoms with E-state index in [0.29, 0.717) is 34.6 Å². The normalized spacial score (nSPS) is 22.9. The van der Waals surface area contributed by atoms with E-state index in [0.717, 1.165) is 16.7 Å². The highest BCUT2D eigenvalue weighted by molar-refractivity contribution is 6.33. The third kappa shape index (κ3) is 2.84. The van der Waals surface area contributed by atoms with E-state index in [-0.39, 0.29) is 27.6 Å². The van der Waals surface area contributed by atoms with Crippen molar-refractivity contribution in [3.63, 3.8) is 0 Å². The van der Waals surface area contributed by atoms with Crippen molar-refractivity contribution in [3.05, 3.63) is 79.9 Å². The minimum atomic E-state index is -0.948. The molecule has 2 aliphatic heterocycles. The van der Waals surface area contributed by atoms with E-state index in [2.05, 4.69) is 0 Å². The van der Waals surface area contributed by atoms with Crippen LogP contribution in [0.3, 0.4) is 0 Å². The number of ketones is 1. The third-order valence-corrected chi connectivity index (χ3v) is 7.95. The van der Waals surface area contributed by atoms with Gasteiger partial charge in [-0.1, -0.05) is 37.6 Å². The molecule has 3 aromatic rings. The zero-order chi connectivity index (χ0) is 25.0. The number of carbonyl (C=O) groups excluding carboxylic acids is 1. The minimum Gasteiger partial charge on any atom is -0.507 e. The van der Waals surface area contributed by atoms with Gasteiger partial charge in [-0.25, -0.2) is 0 Å². The summed E-state index contributed by atoms with van der Waals surface area (Å²) in [6.07, 6.45) is -0.243. The van der Waals surface area contributed by atoms with Crippen LogP contribution in [0.1, 0.15) is 76.2 Å². The quantitative estimate of drug-likeness (QED) is 0.452. The van der Waals surface area contributed by atoms with Gasteiger partial charge in [-0.15, -0.1) is 0 Å². The number of phenolic OH excluding ortho intramolecular Hbond substituents is 2. The molecule has 2 unspecified atom stereocenters. The van der Waals surface area contributed by atoms with Gasteiger partial charge in [0.25, 0.3) is 0 Å². The Hall–Kier alpha value is -3.22. The molecule has 1 aliphatic carbocycles. The number of rotatable bonds is 1. The Morgan fingerprint density at radius 2 is 1.74 bits per heavy atom. The number of halogens is 1. The maximum Gasteiger partial charge on any atom is 0.212 e. The van der Waals surface area contributed by atoms with Gasteiger partial charge >= 0.3 is 0 Å². The molecule has 6 rings (SSSR count). The van der Waals surface area contributed by atoms with Crippen LogP contribution in [-0.4, -0.2) is 28.9 Å². The SMILES string of the molecule is COc1cc(C)c2c(c1)OC1(C)Cc3cc4c(c(O)c3C2O1)C(=O)c1c(ccc(Cl)c1O)C4(C)C. The molecule has 3 aliphatic rings. The number of aromatic hydroxyl groups is 2. The topological polar surface area (TPSA) is 85.2 Å². The van der Waals surface area contributed by atoms with Gasteiger partial charge in [0.05, 0.1) is 23.3 Å². The number of hydrogen-bond donors (Lipinski definition) is 2. The fourth-order valence-electron chi connectivity index (χ4n) is 5.95. The van der Waals surface area contributed by atoms with Gasteiger partial charge in [0.1, 0.15) is 29.1 Å². The molecule has 0 fully saturated rings. The predicted molar refractivity (Wildman–Crippen MR) is 130 cm³/mol. The molecule has 0 spiro atoms. The van der Waals surface area contributed by atoms with Crippen LogP contribution >= 0.6 is 11.6 Å². The second kappa shape index (κ2) is 6.93. The Kier molecular flexibility index (Phi) is 4.40. The highest BCUT2D eigenvalue weighted by Crippen LogP contribution is 2.56. The van der Waals surface area contributed by atoms with Crippen LogP contribution in [0, 0.1) is 6.92 Å². The number of aryl methyl sites for hydroxylation is 1. The van der Waals surface area contributed by atoms with Gasteiger partial charge in [0.2, 0.25) is 11.6 Å². The van der Waals surface area contributed by atoms with Crippen molar-refractivity contribution in [1.29, 1.82) is 0 Å². The molecule has 0 aromatic heterocycles. The van der Waals surface area contributed by atoms with Gasteiger partial charge in [0.15, 0.2) is 0 Å². The first-order valence-corrected chi connectivity index (χ1v) is 11.9. The van der Waals surface area contributed by atoms with Crippen LogP contribution in [0.25, 0.3) is 0 Å². The average molecular weight is 493 g/mol. The molecule has 180 valence electrons. The van der Waals surface area contributed by atoms with E-state index in [1.54, 1.807) is 19.2 Å². The van der Waals surface area contributed by atoms with Gasteiger partial charge in [-0.05, 0) is 41.3 Å². The molecule has 2 heterocycles. The highest BCUT2D eigenvalue weighted by atomic mass is 35.5. The van der Waals surface area contributed by atoms with Crippen LogP contribution in [-0.2, 0) is 16.6 Å². The molecule has 35 heavy (non-hydrogen) atoms. The Bertz CT molecular complexity index is 1470. The van der Waals surface area contributed by atoms with Crippen molar-refractivity contribution in [2.24, 2.45) is 0 Å². The molecule has 6 nitrogen and oxygen atoms in total. The summed E-state index contributed by atoms with van der Waals surface area (Å²) in [5.41, 5.74) is 4.08. The minimum absolute atomic E-state index is 0.0934. The number of methoxy groups -OCH3 is 1. The van der Waals surface area contributed by atoms with Crippen LogP contribution in [0.4, 0.5) is 0 Å². The van der Waals surface area contributed by atoms with Gasteiger partial charge in [0, 0.05) is 36.0 Å².